The van der Waals surface area contributed by atoms with Gasteiger partial charge in [0.2, 0.25) is 0 Å². The molecule has 7 aliphatic rings. The summed E-state index contributed by atoms with van der Waals surface area (Å²) >= 11 is 0. The molecule has 1 aromatic rings. The van der Waals surface area contributed by atoms with Gasteiger partial charge in [-0.2, -0.15) is 0 Å². The Hall–Kier alpha value is -1.89. The molecule has 1 heterocycles. The van der Waals surface area contributed by atoms with Crippen LogP contribution in [0.15, 0.2) is 60.9 Å². The van der Waals surface area contributed by atoms with Crippen molar-refractivity contribution in [3.05, 3.63) is 72.1 Å². The maximum atomic E-state index is 4.82. The van der Waals surface area contributed by atoms with Crippen LogP contribution in [-0.4, -0.2) is 4.98 Å². The van der Waals surface area contributed by atoms with Gasteiger partial charge in [-0.3, -0.25) is 4.98 Å². The lowest BCUT2D eigenvalue weighted by Crippen LogP contribution is -2.67. The molecule has 0 N–H and O–H groups in total. The fourth-order valence-corrected chi connectivity index (χ4v) is 8.97. The van der Waals surface area contributed by atoms with Crippen molar-refractivity contribution in [2.75, 3.05) is 0 Å². The van der Waals surface area contributed by atoms with Gasteiger partial charge in [-0.15, -0.1) is 0 Å². The van der Waals surface area contributed by atoms with E-state index in [1.165, 1.54) is 49.8 Å². The second-order valence-electron chi connectivity index (χ2n) is 10.2. The van der Waals surface area contributed by atoms with Gasteiger partial charge in [0.05, 0.1) is 5.69 Å². The zero-order chi connectivity index (χ0) is 17.7. The Kier molecular flexibility index (Phi) is 2.65. The quantitative estimate of drug-likeness (QED) is 0.532. The van der Waals surface area contributed by atoms with Gasteiger partial charge >= 0.3 is 0 Å². The molecular weight excluding hydrogens is 326 g/mol. The molecule has 1 heteroatoms. The molecule has 2 unspecified atom stereocenters. The first-order valence-corrected chi connectivity index (χ1v) is 11.0. The van der Waals surface area contributed by atoms with Crippen LogP contribution in [0.5, 0.6) is 0 Å². The van der Waals surface area contributed by atoms with E-state index in [9.17, 15) is 0 Å². The SMILES string of the molecule is C1=CC23C=CCC4(C5CC6CC(C5)CC4C6)C2(C=C1)c1cccnc1C=C3. The monoisotopic (exact) mass is 353 g/mol. The standard InChI is InChI=1S/C26H27N/c1-2-10-26-22-5-3-12-27-23(22)6-11-24(26,7-1)8-4-9-25(26)20-14-18-13-19(16-20)17-21(25)15-18/h1-8,10-12,18-21H,9,13-17H2. The average Bonchev–Trinajstić information content (AvgIpc) is 2.70. The van der Waals surface area contributed by atoms with Crippen molar-refractivity contribution in [1.82, 2.24) is 4.98 Å². The third-order valence-corrected chi connectivity index (χ3v) is 9.47. The van der Waals surface area contributed by atoms with Gasteiger partial charge < -0.3 is 0 Å². The van der Waals surface area contributed by atoms with E-state index in [-0.39, 0.29) is 10.8 Å². The van der Waals surface area contributed by atoms with Gasteiger partial charge in [-0.05, 0) is 85.3 Å². The van der Waals surface area contributed by atoms with E-state index in [4.69, 9.17) is 4.98 Å². The summed E-state index contributed by atoms with van der Waals surface area (Å²) in [6.07, 6.45) is 30.2. The van der Waals surface area contributed by atoms with E-state index in [0.29, 0.717) is 5.41 Å². The second-order valence-corrected chi connectivity index (χ2v) is 10.2. The lowest BCUT2D eigenvalue weighted by Gasteiger charge is -2.72. The first kappa shape index (κ1) is 15.1. The maximum Gasteiger partial charge on any atom is 0.0668 e. The first-order chi connectivity index (χ1) is 13.3. The van der Waals surface area contributed by atoms with Crippen LogP contribution < -0.4 is 0 Å². The summed E-state index contributed by atoms with van der Waals surface area (Å²) in [5.74, 6) is 3.75. The van der Waals surface area contributed by atoms with Crippen LogP contribution >= 0.6 is 0 Å². The molecule has 0 aliphatic heterocycles. The molecule has 0 saturated heterocycles. The summed E-state index contributed by atoms with van der Waals surface area (Å²) in [6.45, 7) is 0. The number of pyridine rings is 1. The lowest BCUT2D eigenvalue weighted by molar-refractivity contribution is -0.157. The molecule has 8 rings (SSSR count). The Morgan fingerprint density at radius 1 is 0.852 bits per heavy atom. The van der Waals surface area contributed by atoms with Crippen LogP contribution in [0.3, 0.4) is 0 Å². The minimum Gasteiger partial charge on any atom is -0.257 e. The third-order valence-electron chi connectivity index (χ3n) is 9.47. The Balaban J connectivity index is 1.58. The van der Waals surface area contributed by atoms with Crippen LogP contribution in [-0.2, 0) is 5.41 Å². The summed E-state index contributed by atoms with van der Waals surface area (Å²) in [6, 6.07) is 4.57. The van der Waals surface area contributed by atoms with Crippen LogP contribution in [0, 0.1) is 34.5 Å². The topological polar surface area (TPSA) is 12.9 Å². The van der Waals surface area contributed by atoms with Crippen LogP contribution in [0.4, 0.5) is 0 Å². The normalized spacial score (nSPS) is 49.9. The molecule has 0 radical (unpaired) electrons. The molecule has 0 amide bonds. The first-order valence-electron chi connectivity index (χ1n) is 11.0. The molecule has 1 aromatic heterocycles. The van der Waals surface area contributed by atoms with Crippen molar-refractivity contribution in [3.8, 4) is 0 Å². The number of hydrogen-bond acceptors (Lipinski definition) is 1. The Labute approximate surface area is 162 Å². The fourth-order valence-electron chi connectivity index (χ4n) is 8.97. The van der Waals surface area contributed by atoms with E-state index in [0.717, 1.165) is 23.7 Å². The van der Waals surface area contributed by atoms with Crippen molar-refractivity contribution in [2.24, 2.45) is 34.5 Å². The Morgan fingerprint density at radius 3 is 2.44 bits per heavy atom. The van der Waals surface area contributed by atoms with Crippen molar-refractivity contribution in [1.29, 1.82) is 0 Å². The highest BCUT2D eigenvalue weighted by molar-refractivity contribution is 5.67. The highest BCUT2D eigenvalue weighted by Crippen LogP contribution is 2.76. The largest absolute Gasteiger partial charge is 0.257 e. The van der Waals surface area contributed by atoms with Gasteiger partial charge in [0.15, 0.2) is 0 Å². The predicted molar refractivity (Wildman–Crippen MR) is 109 cm³/mol. The van der Waals surface area contributed by atoms with Crippen molar-refractivity contribution < 1.29 is 0 Å². The molecule has 1 nitrogen and oxygen atoms in total. The summed E-state index contributed by atoms with van der Waals surface area (Å²) in [5, 5.41) is 0. The van der Waals surface area contributed by atoms with Gasteiger partial charge in [-0.25, -0.2) is 0 Å². The number of nitrogens with zero attached hydrogens (tertiary/aromatic N) is 1. The number of allylic oxidation sites excluding steroid dienone is 7. The molecule has 1 spiro atoms. The number of fused-ring (bicyclic) bond motifs is 1. The fraction of sp³-hybridized carbons (Fsp3) is 0.500. The van der Waals surface area contributed by atoms with Crippen LogP contribution in [0.1, 0.15) is 49.8 Å². The lowest BCUT2D eigenvalue weighted by atomic mass is 9.31. The molecule has 4 fully saturated rings. The number of hydrogen-bond donors (Lipinski definition) is 0. The average molecular weight is 354 g/mol. The van der Waals surface area contributed by atoms with E-state index in [2.05, 4.69) is 60.7 Å². The highest BCUT2D eigenvalue weighted by Gasteiger charge is 2.71. The van der Waals surface area contributed by atoms with Crippen molar-refractivity contribution in [2.45, 2.75) is 43.9 Å². The molecule has 4 saturated carbocycles. The Morgan fingerprint density at radius 2 is 1.63 bits per heavy atom. The molecular formula is C26H27N. The van der Waals surface area contributed by atoms with Gasteiger partial charge in [0.1, 0.15) is 0 Å². The highest BCUT2D eigenvalue weighted by atomic mass is 14.8. The van der Waals surface area contributed by atoms with Gasteiger partial charge in [0.25, 0.3) is 0 Å². The van der Waals surface area contributed by atoms with E-state index in [1.54, 1.807) is 0 Å². The van der Waals surface area contributed by atoms with Gasteiger partial charge in [0, 0.05) is 17.0 Å². The molecule has 2 atom stereocenters. The molecule has 4 bridgehead atoms. The summed E-state index contributed by atoms with van der Waals surface area (Å²) in [4.78, 5) is 4.82. The summed E-state index contributed by atoms with van der Waals surface area (Å²) in [5.41, 5.74) is 3.09. The minimum absolute atomic E-state index is 0.00853. The van der Waals surface area contributed by atoms with Crippen LogP contribution in [0.2, 0.25) is 0 Å². The summed E-state index contributed by atoms with van der Waals surface area (Å²) in [7, 11) is 0. The smallest absolute Gasteiger partial charge is 0.0668 e. The second kappa shape index (κ2) is 4.74. The zero-order valence-electron chi connectivity index (χ0n) is 15.9. The maximum absolute atomic E-state index is 4.82. The molecule has 136 valence electrons. The number of rotatable bonds is 0. The number of aromatic nitrogens is 1. The van der Waals surface area contributed by atoms with E-state index < -0.39 is 0 Å². The van der Waals surface area contributed by atoms with Crippen molar-refractivity contribution >= 4 is 6.08 Å². The summed E-state index contributed by atoms with van der Waals surface area (Å²) < 4.78 is 0. The zero-order valence-corrected chi connectivity index (χ0v) is 15.9. The van der Waals surface area contributed by atoms with Crippen LogP contribution in [0.25, 0.3) is 6.08 Å². The molecule has 7 aliphatic carbocycles. The Bertz CT molecular complexity index is 919. The van der Waals surface area contributed by atoms with E-state index >= 15 is 0 Å². The van der Waals surface area contributed by atoms with E-state index in [1.807, 2.05) is 6.20 Å². The predicted octanol–water partition coefficient (Wildman–Crippen LogP) is 5.86. The van der Waals surface area contributed by atoms with Crippen molar-refractivity contribution in [3.63, 3.8) is 0 Å². The van der Waals surface area contributed by atoms with Gasteiger partial charge in [-0.1, -0.05) is 48.6 Å². The minimum atomic E-state index is -0.00853. The third kappa shape index (κ3) is 1.52. The molecule has 27 heavy (non-hydrogen) atoms. The molecule has 0 aromatic carbocycles.